The minimum absolute atomic E-state index is 0.179. The van der Waals surface area contributed by atoms with E-state index in [1.54, 1.807) is 24.3 Å². The normalized spacial score (nSPS) is 9.00. The van der Waals surface area contributed by atoms with Gasteiger partial charge in [-0.2, -0.15) is 0 Å². The van der Waals surface area contributed by atoms with Crippen LogP contribution >= 0.6 is 0 Å². The largest absolute Gasteiger partial charge is 0.341 e. The fourth-order valence-electron chi connectivity index (χ4n) is 1.17. The molecule has 0 fully saturated rings. The Labute approximate surface area is 94.0 Å². The van der Waals surface area contributed by atoms with Crippen molar-refractivity contribution in [2.75, 3.05) is 11.9 Å². The molecule has 0 atom stereocenters. The Hall–Kier alpha value is -2.28. The van der Waals surface area contributed by atoms with E-state index in [0.29, 0.717) is 11.3 Å². The molecule has 1 aromatic rings. The van der Waals surface area contributed by atoms with Crippen molar-refractivity contribution in [3.05, 3.63) is 29.8 Å². The van der Waals surface area contributed by atoms with Crippen molar-refractivity contribution in [3.63, 3.8) is 0 Å². The average molecular weight is 216 g/mol. The first-order chi connectivity index (χ1) is 7.63. The monoisotopic (exact) mass is 216 g/mol. The van der Waals surface area contributed by atoms with Gasteiger partial charge in [0.05, 0.1) is 6.54 Å². The maximum Gasteiger partial charge on any atom is 0.252 e. The molecule has 4 nitrogen and oxygen atoms in total. The van der Waals surface area contributed by atoms with E-state index in [1.165, 1.54) is 6.92 Å². The fraction of sp³-hybridized carbons (Fsp3) is 0.167. The number of carbonyl (C=O) groups is 2. The van der Waals surface area contributed by atoms with Gasteiger partial charge in [0.25, 0.3) is 5.91 Å². The highest BCUT2D eigenvalue weighted by Gasteiger charge is 2.05. The second-order valence-corrected chi connectivity index (χ2v) is 3.15. The maximum absolute atomic E-state index is 11.5. The lowest BCUT2D eigenvalue weighted by atomic mass is 10.2. The number of anilines is 1. The van der Waals surface area contributed by atoms with Gasteiger partial charge >= 0.3 is 0 Å². The summed E-state index contributed by atoms with van der Waals surface area (Å²) in [7, 11) is 0. The van der Waals surface area contributed by atoms with Crippen LogP contribution in [0.25, 0.3) is 0 Å². The van der Waals surface area contributed by atoms with Gasteiger partial charge in [0.2, 0.25) is 5.91 Å². The van der Waals surface area contributed by atoms with Crippen molar-refractivity contribution >= 4 is 17.5 Å². The molecular formula is C12H12N2O2. The zero-order chi connectivity index (χ0) is 12.0. The molecule has 0 radical (unpaired) electrons. The van der Waals surface area contributed by atoms with Crippen LogP contribution in [0.5, 0.6) is 0 Å². The molecule has 2 N–H and O–H groups in total. The molecule has 0 saturated heterocycles. The van der Waals surface area contributed by atoms with E-state index in [0.717, 1.165) is 0 Å². The molecule has 1 rings (SSSR count). The Morgan fingerprint density at radius 1 is 1.44 bits per heavy atom. The molecule has 0 spiro atoms. The second-order valence-electron chi connectivity index (χ2n) is 3.15. The van der Waals surface area contributed by atoms with Crippen LogP contribution in [0.1, 0.15) is 17.3 Å². The van der Waals surface area contributed by atoms with Crippen molar-refractivity contribution in [2.24, 2.45) is 0 Å². The molecule has 0 bridgehead atoms. The topological polar surface area (TPSA) is 58.2 Å². The van der Waals surface area contributed by atoms with Crippen LogP contribution in [0, 0.1) is 12.3 Å². The third-order valence-electron chi connectivity index (χ3n) is 1.80. The molecular weight excluding hydrogens is 204 g/mol. The second kappa shape index (κ2) is 5.56. The van der Waals surface area contributed by atoms with Crippen molar-refractivity contribution in [1.29, 1.82) is 0 Å². The lowest BCUT2D eigenvalue weighted by Gasteiger charge is -2.05. The van der Waals surface area contributed by atoms with Crippen LogP contribution in [0.3, 0.4) is 0 Å². The first-order valence-electron chi connectivity index (χ1n) is 4.73. The number of rotatable bonds is 3. The van der Waals surface area contributed by atoms with E-state index >= 15 is 0 Å². The summed E-state index contributed by atoms with van der Waals surface area (Å²) in [5, 5.41) is 5.14. The summed E-state index contributed by atoms with van der Waals surface area (Å²) in [6.45, 7) is 1.59. The maximum atomic E-state index is 11.5. The number of amides is 2. The predicted octanol–water partition coefficient (Wildman–Crippen LogP) is 1.01. The number of hydrogen-bond acceptors (Lipinski definition) is 2. The molecule has 0 saturated carbocycles. The summed E-state index contributed by atoms with van der Waals surface area (Å²) < 4.78 is 0. The number of carbonyl (C=O) groups excluding carboxylic acids is 2. The zero-order valence-electron chi connectivity index (χ0n) is 8.91. The summed E-state index contributed by atoms with van der Waals surface area (Å²) in [6.07, 6.45) is 5.03. The highest BCUT2D eigenvalue weighted by Crippen LogP contribution is 2.10. The van der Waals surface area contributed by atoms with E-state index in [2.05, 4.69) is 16.6 Å². The molecule has 2 amide bonds. The fourth-order valence-corrected chi connectivity index (χ4v) is 1.17. The van der Waals surface area contributed by atoms with E-state index < -0.39 is 0 Å². The summed E-state index contributed by atoms with van der Waals surface area (Å²) in [4.78, 5) is 22.4. The highest BCUT2D eigenvalue weighted by atomic mass is 16.2. The number of nitrogens with one attached hydrogen (secondary N) is 2. The molecule has 0 unspecified atom stereocenters. The van der Waals surface area contributed by atoms with Crippen LogP contribution in [-0.2, 0) is 4.79 Å². The molecule has 0 aliphatic carbocycles. The lowest BCUT2D eigenvalue weighted by molar-refractivity contribution is -0.114. The predicted molar refractivity (Wildman–Crippen MR) is 61.9 cm³/mol. The highest BCUT2D eigenvalue weighted by molar-refractivity contribution is 5.96. The van der Waals surface area contributed by atoms with Crippen LogP contribution < -0.4 is 10.6 Å². The van der Waals surface area contributed by atoms with Crippen LogP contribution in [0.2, 0.25) is 0 Å². The molecule has 4 heteroatoms. The number of benzene rings is 1. The van der Waals surface area contributed by atoms with Crippen molar-refractivity contribution < 1.29 is 9.59 Å². The van der Waals surface area contributed by atoms with Gasteiger partial charge in [-0.15, -0.1) is 6.42 Å². The van der Waals surface area contributed by atoms with Gasteiger partial charge in [-0.3, -0.25) is 9.59 Å². The summed E-state index contributed by atoms with van der Waals surface area (Å²) >= 11 is 0. The third-order valence-corrected chi connectivity index (χ3v) is 1.80. The SMILES string of the molecule is C#CCNC(=O)c1cccc(NC(C)=O)c1. The Kier molecular flexibility index (Phi) is 4.10. The summed E-state index contributed by atoms with van der Waals surface area (Å²) in [5.74, 6) is 1.87. The molecule has 0 heterocycles. The van der Waals surface area contributed by atoms with Crippen LogP contribution in [0.15, 0.2) is 24.3 Å². The average Bonchev–Trinajstić information content (AvgIpc) is 2.25. The Morgan fingerprint density at radius 3 is 2.81 bits per heavy atom. The van der Waals surface area contributed by atoms with Gasteiger partial charge in [0, 0.05) is 18.2 Å². The third kappa shape index (κ3) is 3.46. The standard InChI is InChI=1S/C12H12N2O2/c1-3-7-13-12(16)10-5-4-6-11(8-10)14-9(2)15/h1,4-6,8H,7H2,2H3,(H,13,16)(H,14,15). The van der Waals surface area contributed by atoms with Crippen molar-refractivity contribution in [3.8, 4) is 12.3 Å². The molecule has 82 valence electrons. The van der Waals surface area contributed by atoms with Crippen molar-refractivity contribution in [1.82, 2.24) is 5.32 Å². The minimum Gasteiger partial charge on any atom is -0.341 e. The molecule has 0 aromatic heterocycles. The molecule has 1 aromatic carbocycles. The number of terminal acetylenes is 1. The van der Waals surface area contributed by atoms with E-state index in [9.17, 15) is 9.59 Å². The quantitative estimate of drug-likeness (QED) is 0.741. The van der Waals surface area contributed by atoms with E-state index in [-0.39, 0.29) is 18.4 Å². The summed E-state index contributed by atoms with van der Waals surface area (Å²) in [6, 6.07) is 6.64. The first kappa shape index (κ1) is 11.8. The first-order valence-corrected chi connectivity index (χ1v) is 4.73. The Balaban J connectivity index is 2.78. The van der Waals surface area contributed by atoms with Gasteiger partial charge in [-0.1, -0.05) is 12.0 Å². The molecule has 16 heavy (non-hydrogen) atoms. The lowest BCUT2D eigenvalue weighted by Crippen LogP contribution is -2.23. The van der Waals surface area contributed by atoms with Gasteiger partial charge in [-0.05, 0) is 18.2 Å². The zero-order valence-corrected chi connectivity index (χ0v) is 8.91. The molecule has 0 aliphatic rings. The van der Waals surface area contributed by atoms with Gasteiger partial charge in [0.1, 0.15) is 0 Å². The molecule has 0 aliphatic heterocycles. The van der Waals surface area contributed by atoms with Gasteiger partial charge in [0.15, 0.2) is 0 Å². The van der Waals surface area contributed by atoms with Gasteiger partial charge < -0.3 is 10.6 Å². The minimum atomic E-state index is -0.259. The van der Waals surface area contributed by atoms with Gasteiger partial charge in [-0.25, -0.2) is 0 Å². The van der Waals surface area contributed by atoms with E-state index in [4.69, 9.17) is 6.42 Å². The van der Waals surface area contributed by atoms with Crippen molar-refractivity contribution in [2.45, 2.75) is 6.92 Å². The smallest absolute Gasteiger partial charge is 0.252 e. The van der Waals surface area contributed by atoms with E-state index in [1.807, 2.05) is 0 Å². The summed E-state index contributed by atoms with van der Waals surface area (Å²) in [5.41, 5.74) is 1.04. The number of hydrogen-bond donors (Lipinski definition) is 2. The Bertz CT molecular complexity index is 447. The Morgan fingerprint density at radius 2 is 2.19 bits per heavy atom. The van der Waals surface area contributed by atoms with Crippen LogP contribution in [0.4, 0.5) is 5.69 Å². The van der Waals surface area contributed by atoms with Crippen LogP contribution in [-0.4, -0.2) is 18.4 Å².